The van der Waals surface area contributed by atoms with Crippen molar-refractivity contribution >= 4 is 23.1 Å². The van der Waals surface area contributed by atoms with Gasteiger partial charge in [-0.25, -0.2) is 0 Å². The first-order chi connectivity index (χ1) is 9.20. The van der Waals surface area contributed by atoms with E-state index in [-0.39, 0.29) is 5.91 Å². The molecule has 0 fully saturated rings. The van der Waals surface area contributed by atoms with Crippen molar-refractivity contribution in [3.63, 3.8) is 0 Å². The zero-order chi connectivity index (χ0) is 13.7. The van der Waals surface area contributed by atoms with Crippen LogP contribution < -0.4 is 10.6 Å². The van der Waals surface area contributed by atoms with Gasteiger partial charge in [-0.3, -0.25) is 4.79 Å². The van der Waals surface area contributed by atoms with Gasteiger partial charge in [0.15, 0.2) is 5.69 Å². The van der Waals surface area contributed by atoms with Gasteiger partial charge in [0, 0.05) is 11.4 Å². The summed E-state index contributed by atoms with van der Waals surface area (Å²) in [5, 5.41) is 15.8. The van der Waals surface area contributed by atoms with Crippen molar-refractivity contribution < 1.29 is 4.79 Å². The molecule has 0 aliphatic carbocycles. The Balaban J connectivity index is 1.95. The molecule has 0 aliphatic rings. The van der Waals surface area contributed by atoms with Gasteiger partial charge in [-0.1, -0.05) is 0 Å². The number of rotatable bonds is 5. The Bertz CT molecular complexity index is 550. The number of anilines is 1. The van der Waals surface area contributed by atoms with Gasteiger partial charge >= 0.3 is 0 Å². The zero-order valence-electron chi connectivity index (χ0n) is 10.9. The van der Waals surface area contributed by atoms with Gasteiger partial charge in [0.2, 0.25) is 0 Å². The molecule has 2 N–H and O–H groups in total. The third kappa shape index (κ3) is 3.51. The molecule has 0 aliphatic heterocycles. The van der Waals surface area contributed by atoms with Crippen LogP contribution in [0.4, 0.5) is 5.82 Å². The van der Waals surface area contributed by atoms with Gasteiger partial charge in [0.05, 0.1) is 6.54 Å². The summed E-state index contributed by atoms with van der Waals surface area (Å²) in [7, 11) is 0. The summed E-state index contributed by atoms with van der Waals surface area (Å²) in [4.78, 5) is 12.8. The summed E-state index contributed by atoms with van der Waals surface area (Å²) in [6.07, 6.45) is 0. The molecule has 0 unspecified atom stereocenters. The van der Waals surface area contributed by atoms with E-state index in [2.05, 4.69) is 39.2 Å². The Hall–Kier alpha value is -1.95. The predicted molar refractivity (Wildman–Crippen MR) is 76.4 cm³/mol. The number of aromatic nitrogens is 2. The highest BCUT2D eigenvalue weighted by Gasteiger charge is 2.06. The van der Waals surface area contributed by atoms with E-state index in [9.17, 15) is 4.79 Å². The molecule has 0 aromatic carbocycles. The SMILES string of the molecule is CCNC(=O)c1ccc(NCc2sccc2C)nn1. The molecule has 0 bridgehead atoms. The van der Waals surface area contributed by atoms with Crippen LogP contribution in [-0.2, 0) is 6.54 Å². The summed E-state index contributed by atoms with van der Waals surface area (Å²) in [5.74, 6) is 0.469. The smallest absolute Gasteiger partial charge is 0.271 e. The Kier molecular flexibility index (Phi) is 4.46. The highest BCUT2D eigenvalue weighted by atomic mass is 32.1. The second-order valence-electron chi connectivity index (χ2n) is 4.04. The maximum atomic E-state index is 11.5. The van der Waals surface area contributed by atoms with Crippen molar-refractivity contribution in [2.75, 3.05) is 11.9 Å². The molecule has 0 saturated heterocycles. The summed E-state index contributed by atoms with van der Waals surface area (Å²) in [6.45, 7) is 5.25. The number of carbonyl (C=O) groups is 1. The number of hydrogen-bond donors (Lipinski definition) is 2. The molecule has 2 heterocycles. The van der Waals surface area contributed by atoms with Crippen LogP contribution in [0.2, 0.25) is 0 Å². The molecule has 2 rings (SSSR count). The average Bonchev–Trinajstić information content (AvgIpc) is 2.83. The molecular weight excluding hydrogens is 260 g/mol. The summed E-state index contributed by atoms with van der Waals surface area (Å²) in [5.41, 5.74) is 1.60. The van der Waals surface area contributed by atoms with Crippen LogP contribution in [0.15, 0.2) is 23.6 Å². The largest absolute Gasteiger partial charge is 0.364 e. The molecule has 0 spiro atoms. The van der Waals surface area contributed by atoms with E-state index < -0.39 is 0 Å². The predicted octanol–water partition coefficient (Wildman–Crippen LogP) is 2.21. The topological polar surface area (TPSA) is 66.9 Å². The van der Waals surface area contributed by atoms with Crippen LogP contribution in [0.1, 0.15) is 27.9 Å². The van der Waals surface area contributed by atoms with Crippen LogP contribution in [0.5, 0.6) is 0 Å². The van der Waals surface area contributed by atoms with Crippen LogP contribution in [0.25, 0.3) is 0 Å². The normalized spacial score (nSPS) is 10.2. The number of nitrogens with one attached hydrogen (secondary N) is 2. The first kappa shape index (κ1) is 13.5. The van der Waals surface area contributed by atoms with Gasteiger partial charge in [0.25, 0.3) is 5.91 Å². The summed E-state index contributed by atoms with van der Waals surface area (Å²) in [6, 6.07) is 5.52. The number of thiophene rings is 1. The van der Waals surface area contributed by atoms with E-state index in [1.54, 1.807) is 23.5 Å². The first-order valence-electron chi connectivity index (χ1n) is 6.09. The lowest BCUT2D eigenvalue weighted by molar-refractivity contribution is 0.0950. The number of aryl methyl sites for hydroxylation is 1. The van der Waals surface area contributed by atoms with Crippen LogP contribution in [0.3, 0.4) is 0 Å². The maximum absolute atomic E-state index is 11.5. The fourth-order valence-corrected chi connectivity index (χ4v) is 2.40. The molecule has 100 valence electrons. The van der Waals surface area contributed by atoms with Gasteiger partial charge in [-0.05, 0) is 43.0 Å². The zero-order valence-corrected chi connectivity index (χ0v) is 11.8. The van der Waals surface area contributed by atoms with Crippen molar-refractivity contribution in [2.24, 2.45) is 0 Å². The summed E-state index contributed by atoms with van der Waals surface area (Å²) >= 11 is 1.71. The lowest BCUT2D eigenvalue weighted by Gasteiger charge is -2.05. The molecule has 2 aromatic rings. The van der Waals surface area contributed by atoms with Crippen molar-refractivity contribution in [3.05, 3.63) is 39.7 Å². The second-order valence-corrected chi connectivity index (χ2v) is 5.04. The Labute approximate surface area is 116 Å². The quantitative estimate of drug-likeness (QED) is 0.878. The summed E-state index contributed by atoms with van der Waals surface area (Å²) < 4.78 is 0. The van der Waals surface area contributed by atoms with Gasteiger partial charge in [-0.15, -0.1) is 21.5 Å². The molecule has 2 aromatic heterocycles. The minimum Gasteiger partial charge on any atom is -0.364 e. The van der Waals surface area contributed by atoms with E-state index >= 15 is 0 Å². The van der Waals surface area contributed by atoms with E-state index in [4.69, 9.17) is 0 Å². The van der Waals surface area contributed by atoms with Crippen LogP contribution >= 0.6 is 11.3 Å². The lowest BCUT2D eigenvalue weighted by Crippen LogP contribution is -2.24. The molecule has 19 heavy (non-hydrogen) atoms. The minimum absolute atomic E-state index is 0.198. The molecule has 0 saturated carbocycles. The van der Waals surface area contributed by atoms with Crippen molar-refractivity contribution in [1.82, 2.24) is 15.5 Å². The molecule has 0 atom stereocenters. The average molecular weight is 276 g/mol. The molecule has 0 radical (unpaired) electrons. The molecule has 6 heteroatoms. The molecule has 5 nitrogen and oxygen atoms in total. The van der Waals surface area contributed by atoms with Crippen LogP contribution in [-0.4, -0.2) is 22.6 Å². The van der Waals surface area contributed by atoms with Gasteiger partial charge in [-0.2, -0.15) is 0 Å². The van der Waals surface area contributed by atoms with E-state index in [1.165, 1.54) is 10.4 Å². The lowest BCUT2D eigenvalue weighted by atomic mass is 10.3. The highest BCUT2D eigenvalue weighted by Crippen LogP contribution is 2.16. The van der Waals surface area contributed by atoms with E-state index in [0.717, 1.165) is 6.54 Å². The monoisotopic (exact) mass is 276 g/mol. The van der Waals surface area contributed by atoms with Crippen molar-refractivity contribution in [3.8, 4) is 0 Å². The number of nitrogens with zero attached hydrogens (tertiary/aromatic N) is 2. The van der Waals surface area contributed by atoms with E-state index in [0.29, 0.717) is 18.1 Å². The number of hydrogen-bond acceptors (Lipinski definition) is 5. The van der Waals surface area contributed by atoms with Crippen molar-refractivity contribution in [2.45, 2.75) is 20.4 Å². The third-order valence-corrected chi connectivity index (χ3v) is 3.66. The Morgan fingerprint density at radius 1 is 1.32 bits per heavy atom. The third-order valence-electron chi connectivity index (χ3n) is 2.63. The van der Waals surface area contributed by atoms with Gasteiger partial charge < -0.3 is 10.6 Å². The second kappa shape index (κ2) is 6.29. The highest BCUT2D eigenvalue weighted by molar-refractivity contribution is 7.10. The van der Waals surface area contributed by atoms with E-state index in [1.807, 2.05) is 6.92 Å². The maximum Gasteiger partial charge on any atom is 0.271 e. The Morgan fingerprint density at radius 3 is 2.74 bits per heavy atom. The number of carbonyl (C=O) groups excluding carboxylic acids is 1. The molecule has 1 amide bonds. The fourth-order valence-electron chi connectivity index (χ4n) is 1.55. The van der Waals surface area contributed by atoms with Crippen LogP contribution in [0, 0.1) is 6.92 Å². The number of amides is 1. The first-order valence-corrected chi connectivity index (χ1v) is 6.97. The molecular formula is C13H16N4OS. The Morgan fingerprint density at radius 2 is 2.16 bits per heavy atom. The van der Waals surface area contributed by atoms with Gasteiger partial charge in [0.1, 0.15) is 5.82 Å². The standard InChI is InChI=1S/C13H16N4OS/c1-3-14-13(18)10-4-5-12(17-16-10)15-8-11-9(2)6-7-19-11/h4-7H,3,8H2,1-2H3,(H,14,18)(H,15,17). The van der Waals surface area contributed by atoms with Crippen molar-refractivity contribution in [1.29, 1.82) is 0 Å². The minimum atomic E-state index is -0.198. The fraction of sp³-hybridized carbons (Fsp3) is 0.308.